The van der Waals surface area contributed by atoms with E-state index in [1.165, 1.54) is 12.1 Å². The molecule has 0 radical (unpaired) electrons. The van der Waals surface area contributed by atoms with Crippen molar-refractivity contribution in [3.05, 3.63) is 29.6 Å². The highest BCUT2D eigenvalue weighted by molar-refractivity contribution is 5.70. The molecule has 0 fully saturated rings. The molecule has 0 aliphatic carbocycles. The summed E-state index contributed by atoms with van der Waals surface area (Å²) in [4.78, 5) is 10.5. The number of anilines is 1. The van der Waals surface area contributed by atoms with Crippen LogP contribution >= 0.6 is 0 Å². The second-order valence-corrected chi connectivity index (χ2v) is 3.34. The molecule has 14 heavy (non-hydrogen) atoms. The largest absolute Gasteiger partial charge is 0.481 e. The van der Waals surface area contributed by atoms with Crippen LogP contribution < -0.4 is 5.73 Å². The van der Waals surface area contributed by atoms with Gasteiger partial charge in [-0.05, 0) is 30.2 Å². The third-order valence-electron chi connectivity index (χ3n) is 1.94. The number of benzene rings is 1. The van der Waals surface area contributed by atoms with Gasteiger partial charge in [0.25, 0.3) is 0 Å². The summed E-state index contributed by atoms with van der Waals surface area (Å²) in [5.74, 6) is -1.86. The molecule has 0 aliphatic heterocycles. The average molecular weight is 197 g/mol. The van der Waals surface area contributed by atoms with E-state index in [0.717, 1.165) is 0 Å². The van der Waals surface area contributed by atoms with Gasteiger partial charge in [-0.3, -0.25) is 4.79 Å². The molecule has 1 atom stereocenters. The van der Waals surface area contributed by atoms with E-state index in [0.29, 0.717) is 11.3 Å². The third-order valence-corrected chi connectivity index (χ3v) is 1.94. The summed E-state index contributed by atoms with van der Waals surface area (Å²) in [7, 11) is 0. The zero-order valence-corrected chi connectivity index (χ0v) is 7.83. The lowest BCUT2D eigenvalue weighted by atomic mass is 10.0. The van der Waals surface area contributed by atoms with E-state index in [2.05, 4.69) is 0 Å². The summed E-state index contributed by atoms with van der Waals surface area (Å²) in [6.45, 7) is 1.57. The Hall–Kier alpha value is -1.58. The lowest BCUT2D eigenvalue weighted by Crippen LogP contribution is -2.12. The van der Waals surface area contributed by atoms with Crippen LogP contribution in [0.3, 0.4) is 0 Å². The van der Waals surface area contributed by atoms with Crippen LogP contribution in [-0.4, -0.2) is 11.1 Å². The number of hydrogen-bond acceptors (Lipinski definition) is 2. The van der Waals surface area contributed by atoms with Crippen molar-refractivity contribution in [2.45, 2.75) is 13.3 Å². The average Bonchev–Trinajstić information content (AvgIpc) is 2.01. The normalized spacial score (nSPS) is 12.4. The first kappa shape index (κ1) is 10.5. The van der Waals surface area contributed by atoms with E-state index in [-0.39, 0.29) is 6.42 Å². The molecule has 0 bridgehead atoms. The zero-order chi connectivity index (χ0) is 10.7. The van der Waals surface area contributed by atoms with Crippen LogP contribution in [-0.2, 0) is 11.2 Å². The molecule has 76 valence electrons. The van der Waals surface area contributed by atoms with Crippen molar-refractivity contribution in [2.24, 2.45) is 5.92 Å². The molecule has 1 aromatic rings. The highest BCUT2D eigenvalue weighted by Crippen LogP contribution is 2.14. The molecular weight excluding hydrogens is 185 g/mol. The van der Waals surface area contributed by atoms with E-state index in [4.69, 9.17) is 10.8 Å². The molecule has 3 nitrogen and oxygen atoms in total. The van der Waals surface area contributed by atoms with Crippen LogP contribution in [0.25, 0.3) is 0 Å². The van der Waals surface area contributed by atoms with E-state index in [1.54, 1.807) is 13.0 Å². The van der Waals surface area contributed by atoms with Crippen molar-refractivity contribution >= 4 is 11.7 Å². The first-order valence-electron chi connectivity index (χ1n) is 4.27. The van der Waals surface area contributed by atoms with E-state index in [1.807, 2.05) is 0 Å². The number of hydrogen-bond donors (Lipinski definition) is 2. The number of halogens is 1. The molecule has 0 aliphatic rings. The highest BCUT2D eigenvalue weighted by Gasteiger charge is 2.12. The fourth-order valence-electron chi connectivity index (χ4n) is 1.23. The van der Waals surface area contributed by atoms with Gasteiger partial charge in [0.1, 0.15) is 5.82 Å². The number of nitrogens with two attached hydrogens (primary N) is 1. The number of nitrogen functional groups attached to an aromatic ring is 1. The Morgan fingerprint density at radius 2 is 2.21 bits per heavy atom. The maximum atomic E-state index is 12.9. The quantitative estimate of drug-likeness (QED) is 0.724. The Morgan fingerprint density at radius 3 is 2.71 bits per heavy atom. The van der Waals surface area contributed by atoms with Gasteiger partial charge >= 0.3 is 5.97 Å². The van der Waals surface area contributed by atoms with Crippen molar-refractivity contribution in [3.8, 4) is 0 Å². The van der Waals surface area contributed by atoms with Crippen LogP contribution in [0.1, 0.15) is 12.5 Å². The molecule has 0 saturated heterocycles. The minimum Gasteiger partial charge on any atom is -0.481 e. The molecule has 0 amide bonds. The SMILES string of the molecule is CC(Cc1cc(N)cc(F)c1)C(=O)O. The summed E-state index contributed by atoms with van der Waals surface area (Å²) < 4.78 is 12.9. The topological polar surface area (TPSA) is 63.3 Å². The van der Waals surface area contributed by atoms with Gasteiger partial charge < -0.3 is 10.8 Å². The van der Waals surface area contributed by atoms with Crippen molar-refractivity contribution in [1.29, 1.82) is 0 Å². The third kappa shape index (κ3) is 2.73. The van der Waals surface area contributed by atoms with Crippen molar-refractivity contribution in [3.63, 3.8) is 0 Å². The Kier molecular flexibility index (Phi) is 3.06. The lowest BCUT2D eigenvalue weighted by molar-refractivity contribution is -0.141. The molecule has 1 rings (SSSR count). The number of carboxylic acid groups (broad SMARTS) is 1. The summed E-state index contributed by atoms with van der Waals surface area (Å²) in [5, 5.41) is 8.66. The Bertz CT molecular complexity index is 332. The molecule has 0 heterocycles. The smallest absolute Gasteiger partial charge is 0.306 e. The van der Waals surface area contributed by atoms with Gasteiger partial charge in [-0.15, -0.1) is 0 Å². The first-order valence-corrected chi connectivity index (χ1v) is 4.27. The van der Waals surface area contributed by atoms with Gasteiger partial charge in [-0.25, -0.2) is 4.39 Å². The number of rotatable bonds is 3. The van der Waals surface area contributed by atoms with Crippen molar-refractivity contribution < 1.29 is 14.3 Å². The lowest BCUT2D eigenvalue weighted by Gasteiger charge is -2.06. The number of carboxylic acids is 1. The molecule has 1 unspecified atom stereocenters. The maximum absolute atomic E-state index is 12.9. The van der Waals surface area contributed by atoms with Gasteiger partial charge in [-0.2, -0.15) is 0 Å². The van der Waals surface area contributed by atoms with E-state index >= 15 is 0 Å². The van der Waals surface area contributed by atoms with Gasteiger partial charge in [-0.1, -0.05) is 6.92 Å². The van der Waals surface area contributed by atoms with Crippen LogP contribution in [0.5, 0.6) is 0 Å². The molecule has 1 aromatic carbocycles. The maximum Gasteiger partial charge on any atom is 0.306 e. The molecule has 0 saturated carbocycles. The summed E-state index contributed by atoms with van der Waals surface area (Å²) in [6, 6.07) is 4.09. The molecule has 3 N–H and O–H groups in total. The van der Waals surface area contributed by atoms with Crippen LogP contribution in [0.4, 0.5) is 10.1 Å². The number of aliphatic carboxylic acids is 1. The van der Waals surface area contributed by atoms with Gasteiger partial charge in [0, 0.05) is 5.69 Å². The minimum absolute atomic E-state index is 0.289. The molecular formula is C10H12FNO2. The first-order chi connectivity index (χ1) is 6.49. The molecule has 0 aromatic heterocycles. The predicted octanol–water partition coefficient (Wildman–Crippen LogP) is 1.67. The fourth-order valence-corrected chi connectivity index (χ4v) is 1.23. The number of carbonyl (C=O) groups is 1. The van der Waals surface area contributed by atoms with Gasteiger partial charge in [0.15, 0.2) is 0 Å². The summed E-state index contributed by atoms with van der Waals surface area (Å²) in [6.07, 6.45) is 0.289. The highest BCUT2D eigenvalue weighted by atomic mass is 19.1. The van der Waals surface area contributed by atoms with E-state index < -0.39 is 17.7 Å². The Labute approximate surface area is 81.4 Å². The second-order valence-electron chi connectivity index (χ2n) is 3.34. The van der Waals surface area contributed by atoms with E-state index in [9.17, 15) is 9.18 Å². The standard InChI is InChI=1S/C10H12FNO2/c1-6(10(13)14)2-7-3-8(11)5-9(12)4-7/h3-6H,2,12H2,1H3,(H,13,14). The van der Waals surface area contributed by atoms with Crippen LogP contribution in [0, 0.1) is 11.7 Å². The molecule has 4 heteroatoms. The minimum atomic E-state index is -0.896. The van der Waals surface area contributed by atoms with Crippen LogP contribution in [0.15, 0.2) is 18.2 Å². The van der Waals surface area contributed by atoms with Gasteiger partial charge in [0.2, 0.25) is 0 Å². The monoisotopic (exact) mass is 197 g/mol. The Balaban J connectivity index is 2.81. The van der Waals surface area contributed by atoms with Gasteiger partial charge in [0.05, 0.1) is 5.92 Å². The second kappa shape index (κ2) is 4.09. The van der Waals surface area contributed by atoms with Crippen LogP contribution in [0.2, 0.25) is 0 Å². The predicted molar refractivity (Wildman–Crippen MR) is 51.3 cm³/mol. The zero-order valence-electron chi connectivity index (χ0n) is 7.83. The molecule has 0 spiro atoms. The summed E-state index contributed by atoms with van der Waals surface area (Å²) >= 11 is 0. The van der Waals surface area contributed by atoms with Crippen molar-refractivity contribution in [1.82, 2.24) is 0 Å². The summed E-state index contributed by atoms with van der Waals surface area (Å²) in [5.41, 5.74) is 6.35. The van der Waals surface area contributed by atoms with Crippen molar-refractivity contribution in [2.75, 3.05) is 5.73 Å². The fraction of sp³-hybridized carbons (Fsp3) is 0.300. The Morgan fingerprint density at radius 1 is 1.57 bits per heavy atom.